The highest BCUT2D eigenvalue weighted by Gasteiger charge is 2.34. The number of para-hydroxylation sites is 2. The van der Waals surface area contributed by atoms with Gasteiger partial charge in [-0.1, -0.05) is 52.3 Å². The standard InChI is InChI=1S/C24H16BrNO/c25-15-9-11-23-19(13-15)20-14-16(10-12-24(20)27-23)26-21-7-3-1-5-17(21)18-6-2-4-8-22(18)26/h1-14,20,24H. The molecule has 0 bridgehead atoms. The molecule has 0 N–H and O–H groups in total. The Morgan fingerprint density at radius 2 is 1.56 bits per heavy atom. The third kappa shape index (κ3) is 2.18. The monoisotopic (exact) mass is 413 g/mol. The van der Waals surface area contributed by atoms with Crippen molar-refractivity contribution in [1.82, 2.24) is 4.57 Å². The summed E-state index contributed by atoms with van der Waals surface area (Å²) in [4.78, 5) is 0. The summed E-state index contributed by atoms with van der Waals surface area (Å²) in [6, 6.07) is 23.5. The minimum atomic E-state index is 0.0751. The molecule has 1 aromatic heterocycles. The molecule has 2 unspecified atom stereocenters. The molecule has 0 saturated heterocycles. The summed E-state index contributed by atoms with van der Waals surface area (Å²) in [6.07, 6.45) is 6.81. The van der Waals surface area contributed by atoms with E-state index in [1.54, 1.807) is 0 Å². The van der Waals surface area contributed by atoms with Crippen molar-refractivity contribution in [2.24, 2.45) is 0 Å². The molecule has 3 heteroatoms. The first-order chi connectivity index (χ1) is 13.3. The predicted octanol–water partition coefficient (Wildman–Crippen LogP) is 6.51. The summed E-state index contributed by atoms with van der Waals surface area (Å²) in [6.45, 7) is 0. The van der Waals surface area contributed by atoms with Crippen LogP contribution in [-0.4, -0.2) is 10.7 Å². The van der Waals surface area contributed by atoms with Crippen LogP contribution in [0.5, 0.6) is 5.75 Å². The molecule has 1 aliphatic heterocycles. The molecule has 0 spiro atoms. The first-order valence-electron chi connectivity index (χ1n) is 9.14. The average molecular weight is 414 g/mol. The fourth-order valence-corrected chi connectivity index (χ4v) is 4.79. The first-order valence-corrected chi connectivity index (χ1v) is 9.93. The minimum Gasteiger partial charge on any atom is -0.485 e. The second-order valence-corrected chi connectivity index (χ2v) is 8.03. The lowest BCUT2D eigenvalue weighted by atomic mass is 9.91. The van der Waals surface area contributed by atoms with Crippen LogP contribution < -0.4 is 4.74 Å². The molecule has 0 saturated carbocycles. The molecule has 2 heterocycles. The van der Waals surface area contributed by atoms with Gasteiger partial charge in [-0.25, -0.2) is 0 Å². The molecule has 2 atom stereocenters. The number of ether oxygens (including phenoxy) is 1. The molecule has 0 radical (unpaired) electrons. The lowest BCUT2D eigenvalue weighted by Gasteiger charge is -2.20. The van der Waals surface area contributed by atoms with Crippen molar-refractivity contribution in [1.29, 1.82) is 0 Å². The molecule has 2 aliphatic rings. The van der Waals surface area contributed by atoms with Gasteiger partial charge in [0.1, 0.15) is 11.9 Å². The highest BCUT2D eigenvalue weighted by Crippen LogP contribution is 2.44. The number of allylic oxidation sites excluding steroid dienone is 2. The van der Waals surface area contributed by atoms with E-state index in [1.807, 2.05) is 6.07 Å². The smallest absolute Gasteiger partial charge is 0.128 e. The lowest BCUT2D eigenvalue weighted by molar-refractivity contribution is 0.269. The van der Waals surface area contributed by atoms with Crippen LogP contribution in [0.1, 0.15) is 11.5 Å². The third-order valence-electron chi connectivity index (χ3n) is 5.59. The van der Waals surface area contributed by atoms with Gasteiger partial charge in [-0.2, -0.15) is 0 Å². The number of rotatable bonds is 1. The van der Waals surface area contributed by atoms with Crippen molar-refractivity contribution in [3.05, 3.63) is 95.0 Å². The van der Waals surface area contributed by atoms with Gasteiger partial charge in [0, 0.05) is 32.4 Å². The molecule has 130 valence electrons. The fourth-order valence-electron chi connectivity index (χ4n) is 4.41. The molecule has 2 nitrogen and oxygen atoms in total. The van der Waals surface area contributed by atoms with Crippen LogP contribution in [0.15, 0.2) is 89.4 Å². The third-order valence-corrected chi connectivity index (χ3v) is 6.09. The van der Waals surface area contributed by atoms with Crippen LogP contribution in [0.4, 0.5) is 0 Å². The van der Waals surface area contributed by atoms with E-state index in [-0.39, 0.29) is 12.0 Å². The molecule has 0 amide bonds. The van der Waals surface area contributed by atoms with E-state index in [0.717, 1.165) is 10.2 Å². The van der Waals surface area contributed by atoms with Crippen LogP contribution >= 0.6 is 15.9 Å². The van der Waals surface area contributed by atoms with Crippen LogP contribution in [0.25, 0.3) is 27.5 Å². The Hall–Kier alpha value is -2.78. The molecule has 4 aromatic rings. The normalized spacial score (nSPS) is 20.4. The minimum absolute atomic E-state index is 0.0751. The van der Waals surface area contributed by atoms with Gasteiger partial charge < -0.3 is 9.30 Å². The Morgan fingerprint density at radius 1 is 0.852 bits per heavy atom. The van der Waals surface area contributed by atoms with E-state index < -0.39 is 0 Å². The van der Waals surface area contributed by atoms with Crippen molar-refractivity contribution in [2.45, 2.75) is 12.0 Å². The van der Waals surface area contributed by atoms with E-state index in [1.165, 1.54) is 33.1 Å². The Bertz CT molecular complexity index is 1230. The van der Waals surface area contributed by atoms with Crippen LogP contribution in [0, 0.1) is 0 Å². The SMILES string of the molecule is Brc1ccc2c(c1)C1C=C(n3c4ccccc4c4ccccc43)C=CC1O2. The van der Waals surface area contributed by atoms with E-state index in [0.29, 0.717) is 0 Å². The predicted molar refractivity (Wildman–Crippen MR) is 114 cm³/mol. The summed E-state index contributed by atoms with van der Waals surface area (Å²) >= 11 is 3.60. The number of hydrogen-bond acceptors (Lipinski definition) is 1. The van der Waals surface area contributed by atoms with Gasteiger partial charge in [-0.15, -0.1) is 0 Å². The zero-order valence-electron chi connectivity index (χ0n) is 14.5. The number of halogens is 1. The van der Waals surface area contributed by atoms with Gasteiger partial charge in [-0.05, 0) is 48.6 Å². The van der Waals surface area contributed by atoms with Crippen molar-refractivity contribution >= 4 is 43.4 Å². The zero-order valence-corrected chi connectivity index (χ0v) is 16.1. The molecule has 6 rings (SSSR count). The lowest BCUT2D eigenvalue weighted by Crippen LogP contribution is -2.18. The Morgan fingerprint density at radius 3 is 2.30 bits per heavy atom. The summed E-state index contributed by atoms with van der Waals surface area (Å²) in [5.74, 6) is 1.22. The topological polar surface area (TPSA) is 14.2 Å². The van der Waals surface area contributed by atoms with E-state index >= 15 is 0 Å². The molecule has 27 heavy (non-hydrogen) atoms. The fraction of sp³-hybridized carbons (Fsp3) is 0.0833. The molecular weight excluding hydrogens is 398 g/mol. The van der Waals surface area contributed by atoms with E-state index in [2.05, 4.69) is 99.4 Å². The number of fused-ring (bicyclic) bond motifs is 6. The van der Waals surface area contributed by atoms with Crippen molar-refractivity contribution < 1.29 is 4.74 Å². The summed E-state index contributed by atoms with van der Waals surface area (Å²) in [5.41, 5.74) is 4.92. The Balaban J connectivity index is 1.60. The highest BCUT2D eigenvalue weighted by atomic mass is 79.9. The number of benzene rings is 3. The number of nitrogens with zero attached hydrogens (tertiary/aromatic N) is 1. The van der Waals surface area contributed by atoms with E-state index in [4.69, 9.17) is 4.74 Å². The zero-order chi connectivity index (χ0) is 18.0. The summed E-state index contributed by atoms with van der Waals surface area (Å²) in [5, 5.41) is 2.57. The van der Waals surface area contributed by atoms with Gasteiger partial charge >= 0.3 is 0 Å². The number of hydrogen-bond donors (Lipinski definition) is 0. The second kappa shape index (κ2) is 5.61. The largest absolute Gasteiger partial charge is 0.485 e. The van der Waals surface area contributed by atoms with Crippen molar-refractivity contribution in [2.75, 3.05) is 0 Å². The summed E-state index contributed by atoms with van der Waals surface area (Å²) in [7, 11) is 0. The maximum absolute atomic E-state index is 6.15. The first kappa shape index (κ1) is 15.3. The Labute approximate surface area is 165 Å². The van der Waals surface area contributed by atoms with Crippen molar-refractivity contribution in [3.8, 4) is 5.75 Å². The van der Waals surface area contributed by atoms with Gasteiger partial charge in [0.2, 0.25) is 0 Å². The Kier molecular flexibility index (Phi) is 3.18. The van der Waals surface area contributed by atoms with E-state index in [9.17, 15) is 0 Å². The van der Waals surface area contributed by atoms with Crippen LogP contribution in [0.3, 0.4) is 0 Å². The average Bonchev–Trinajstić information content (AvgIpc) is 3.23. The van der Waals surface area contributed by atoms with Crippen molar-refractivity contribution in [3.63, 3.8) is 0 Å². The van der Waals surface area contributed by atoms with Crippen LogP contribution in [-0.2, 0) is 0 Å². The summed E-state index contributed by atoms with van der Waals surface area (Å²) < 4.78 is 9.60. The molecule has 0 fully saturated rings. The number of aromatic nitrogens is 1. The highest BCUT2D eigenvalue weighted by molar-refractivity contribution is 9.10. The van der Waals surface area contributed by atoms with Gasteiger partial charge in [0.05, 0.1) is 11.0 Å². The maximum Gasteiger partial charge on any atom is 0.128 e. The molecule has 3 aromatic carbocycles. The van der Waals surface area contributed by atoms with Crippen LogP contribution in [0.2, 0.25) is 0 Å². The van der Waals surface area contributed by atoms with Gasteiger partial charge in [-0.3, -0.25) is 0 Å². The van der Waals surface area contributed by atoms with Gasteiger partial charge in [0.15, 0.2) is 0 Å². The maximum atomic E-state index is 6.15. The van der Waals surface area contributed by atoms with Gasteiger partial charge in [0.25, 0.3) is 0 Å². The quantitative estimate of drug-likeness (QED) is 0.346. The molecular formula is C24H16BrNO. The molecule has 1 aliphatic carbocycles. The second-order valence-electron chi connectivity index (χ2n) is 7.11.